The molecule has 1 aliphatic rings. The number of hydrogen-bond donors (Lipinski definition) is 1. The lowest BCUT2D eigenvalue weighted by atomic mass is 9.88. The number of para-hydroxylation sites is 1. The van der Waals surface area contributed by atoms with Crippen molar-refractivity contribution in [3.05, 3.63) is 94.8 Å². The first-order chi connectivity index (χ1) is 13.5. The van der Waals surface area contributed by atoms with Gasteiger partial charge in [-0.15, -0.1) is 0 Å². The lowest BCUT2D eigenvalue weighted by molar-refractivity contribution is -0.136. The molecule has 6 heteroatoms. The highest BCUT2D eigenvalue weighted by Gasteiger charge is 2.50. The fourth-order valence-electron chi connectivity index (χ4n) is 3.47. The Kier molecular flexibility index (Phi) is 4.71. The highest BCUT2D eigenvalue weighted by Crippen LogP contribution is 2.43. The number of amides is 1. The minimum Gasteiger partial charge on any atom is -0.375 e. The van der Waals surface area contributed by atoms with Gasteiger partial charge in [0, 0.05) is 28.5 Å². The fourth-order valence-corrected chi connectivity index (χ4v) is 3.59. The Labute approximate surface area is 167 Å². The zero-order valence-electron chi connectivity index (χ0n) is 14.9. The molecule has 1 N–H and O–H groups in total. The van der Waals surface area contributed by atoms with Gasteiger partial charge in [-0.2, -0.15) is 0 Å². The number of Topliss-reactive ketones (excluding diaryl/α,β-unsaturated/α-hetero) is 1. The van der Waals surface area contributed by atoms with Crippen molar-refractivity contribution in [2.75, 3.05) is 4.90 Å². The van der Waals surface area contributed by atoms with Crippen molar-refractivity contribution in [1.82, 2.24) is 4.98 Å². The first-order valence-electron chi connectivity index (χ1n) is 8.80. The summed E-state index contributed by atoms with van der Waals surface area (Å²) < 4.78 is 0. The van der Waals surface area contributed by atoms with Crippen LogP contribution in [0.15, 0.2) is 73.1 Å². The molecule has 0 fully saturated rings. The highest BCUT2D eigenvalue weighted by atomic mass is 35.5. The Balaban J connectivity index is 1.68. The van der Waals surface area contributed by atoms with E-state index in [2.05, 4.69) is 4.98 Å². The van der Waals surface area contributed by atoms with Gasteiger partial charge in [0.15, 0.2) is 11.4 Å². The maximum absolute atomic E-state index is 13.2. The van der Waals surface area contributed by atoms with Crippen LogP contribution in [0.2, 0.25) is 5.02 Å². The molecule has 28 heavy (non-hydrogen) atoms. The van der Waals surface area contributed by atoms with E-state index < -0.39 is 11.5 Å². The predicted molar refractivity (Wildman–Crippen MR) is 106 cm³/mol. The van der Waals surface area contributed by atoms with E-state index in [0.717, 1.165) is 5.56 Å². The van der Waals surface area contributed by atoms with Gasteiger partial charge in [0.05, 0.1) is 18.7 Å². The van der Waals surface area contributed by atoms with E-state index in [4.69, 9.17) is 11.6 Å². The van der Waals surface area contributed by atoms with E-state index >= 15 is 0 Å². The Morgan fingerprint density at radius 2 is 1.82 bits per heavy atom. The Bertz CT molecular complexity index is 1040. The molecular formula is C22H17ClN2O3. The number of halogens is 1. The number of anilines is 1. The number of carbonyl (C=O) groups is 2. The van der Waals surface area contributed by atoms with Crippen LogP contribution < -0.4 is 4.90 Å². The van der Waals surface area contributed by atoms with Gasteiger partial charge < -0.3 is 10.0 Å². The normalized spacial score (nSPS) is 18.2. The monoisotopic (exact) mass is 392 g/mol. The van der Waals surface area contributed by atoms with Crippen LogP contribution in [-0.2, 0) is 16.9 Å². The average molecular weight is 393 g/mol. The second-order valence-electron chi connectivity index (χ2n) is 6.74. The number of fused-ring (bicyclic) bond motifs is 1. The quantitative estimate of drug-likeness (QED) is 0.671. The minimum absolute atomic E-state index is 0.274. The molecule has 0 bridgehead atoms. The molecule has 1 aromatic heterocycles. The molecule has 0 radical (unpaired) electrons. The SMILES string of the molecule is O=C(C[C@@]1(O)C(=O)N(Cc2ccc(Cl)cc2)c2ccccc21)c1cccnc1. The summed E-state index contributed by atoms with van der Waals surface area (Å²) in [6.07, 6.45) is 2.66. The van der Waals surface area contributed by atoms with Crippen LogP contribution in [0.1, 0.15) is 27.9 Å². The number of rotatable bonds is 5. The molecule has 1 atom stereocenters. The van der Waals surface area contributed by atoms with E-state index in [1.54, 1.807) is 54.7 Å². The summed E-state index contributed by atoms with van der Waals surface area (Å²) >= 11 is 5.94. The van der Waals surface area contributed by atoms with Crippen molar-refractivity contribution in [2.24, 2.45) is 0 Å². The topological polar surface area (TPSA) is 70.5 Å². The van der Waals surface area contributed by atoms with Crippen molar-refractivity contribution in [1.29, 1.82) is 0 Å². The molecule has 5 nitrogen and oxygen atoms in total. The second-order valence-corrected chi connectivity index (χ2v) is 7.17. The van der Waals surface area contributed by atoms with Gasteiger partial charge in [-0.3, -0.25) is 14.6 Å². The van der Waals surface area contributed by atoms with Gasteiger partial charge in [0.2, 0.25) is 0 Å². The summed E-state index contributed by atoms with van der Waals surface area (Å²) in [6, 6.07) is 17.4. The van der Waals surface area contributed by atoms with Crippen LogP contribution >= 0.6 is 11.6 Å². The number of ketones is 1. The van der Waals surface area contributed by atoms with E-state index in [-0.39, 0.29) is 18.7 Å². The molecule has 0 spiro atoms. The van der Waals surface area contributed by atoms with Crippen molar-refractivity contribution in [2.45, 2.75) is 18.6 Å². The van der Waals surface area contributed by atoms with Crippen LogP contribution in [0.25, 0.3) is 0 Å². The molecule has 0 saturated carbocycles. The van der Waals surface area contributed by atoms with Gasteiger partial charge in [0.1, 0.15) is 0 Å². The Morgan fingerprint density at radius 3 is 2.54 bits per heavy atom. The van der Waals surface area contributed by atoms with E-state index in [9.17, 15) is 14.7 Å². The van der Waals surface area contributed by atoms with Crippen molar-refractivity contribution in [3.8, 4) is 0 Å². The summed E-state index contributed by atoms with van der Waals surface area (Å²) in [5.74, 6) is -0.854. The molecular weight excluding hydrogens is 376 g/mol. The predicted octanol–water partition coefficient (Wildman–Crippen LogP) is 3.74. The number of hydrogen-bond acceptors (Lipinski definition) is 4. The first-order valence-corrected chi connectivity index (χ1v) is 9.18. The molecule has 4 rings (SSSR count). The minimum atomic E-state index is -1.91. The summed E-state index contributed by atoms with van der Waals surface area (Å²) in [4.78, 5) is 31.3. The third-order valence-corrected chi connectivity index (χ3v) is 5.15. The maximum atomic E-state index is 13.2. The van der Waals surface area contributed by atoms with E-state index in [0.29, 0.717) is 21.8 Å². The molecule has 0 aliphatic carbocycles. The number of carbonyl (C=O) groups excluding carboxylic acids is 2. The second kappa shape index (κ2) is 7.19. The molecule has 0 saturated heterocycles. The summed E-state index contributed by atoms with van der Waals surface area (Å²) in [7, 11) is 0. The smallest absolute Gasteiger partial charge is 0.264 e. The summed E-state index contributed by atoms with van der Waals surface area (Å²) in [6.45, 7) is 0.274. The lowest BCUT2D eigenvalue weighted by Crippen LogP contribution is -2.41. The molecule has 3 aromatic rings. The molecule has 140 valence electrons. The number of aliphatic hydroxyl groups is 1. The first kappa shape index (κ1) is 18.3. The number of benzene rings is 2. The van der Waals surface area contributed by atoms with Crippen molar-refractivity contribution < 1.29 is 14.7 Å². The maximum Gasteiger partial charge on any atom is 0.264 e. The van der Waals surface area contributed by atoms with Crippen LogP contribution in [-0.4, -0.2) is 21.8 Å². The average Bonchev–Trinajstić information content (AvgIpc) is 2.92. The molecule has 0 unspecified atom stereocenters. The van der Waals surface area contributed by atoms with Gasteiger partial charge >= 0.3 is 0 Å². The number of pyridine rings is 1. The fraction of sp³-hybridized carbons (Fsp3) is 0.136. The highest BCUT2D eigenvalue weighted by molar-refractivity contribution is 6.30. The standard InChI is InChI=1S/C22H17ClN2O3/c23-17-9-7-15(8-10-17)14-25-19-6-2-1-5-18(19)22(28,21(25)27)12-20(26)16-4-3-11-24-13-16/h1-11,13,28H,12,14H2/t22-/m0/s1. The zero-order valence-corrected chi connectivity index (χ0v) is 15.6. The van der Waals surface area contributed by atoms with Crippen LogP contribution in [0.5, 0.6) is 0 Å². The summed E-state index contributed by atoms with van der Waals surface area (Å²) in [5, 5.41) is 11.9. The largest absolute Gasteiger partial charge is 0.375 e. The van der Waals surface area contributed by atoms with Crippen LogP contribution in [0, 0.1) is 0 Å². The number of nitrogens with zero attached hydrogens (tertiary/aromatic N) is 2. The summed E-state index contributed by atoms with van der Waals surface area (Å²) in [5.41, 5.74) is 0.360. The molecule has 1 amide bonds. The third-order valence-electron chi connectivity index (χ3n) is 4.89. The molecule has 1 aliphatic heterocycles. The Hall–Kier alpha value is -3.02. The van der Waals surface area contributed by atoms with Gasteiger partial charge in [0.25, 0.3) is 5.91 Å². The van der Waals surface area contributed by atoms with Crippen molar-refractivity contribution >= 4 is 29.0 Å². The van der Waals surface area contributed by atoms with E-state index in [1.165, 1.54) is 11.1 Å². The van der Waals surface area contributed by atoms with Gasteiger partial charge in [-0.25, -0.2) is 0 Å². The van der Waals surface area contributed by atoms with Crippen LogP contribution in [0.4, 0.5) is 5.69 Å². The number of aromatic nitrogens is 1. The van der Waals surface area contributed by atoms with Gasteiger partial charge in [-0.1, -0.05) is 41.9 Å². The molecule has 2 heterocycles. The van der Waals surface area contributed by atoms with E-state index in [1.807, 2.05) is 12.1 Å². The van der Waals surface area contributed by atoms with Crippen molar-refractivity contribution in [3.63, 3.8) is 0 Å². The third kappa shape index (κ3) is 3.19. The van der Waals surface area contributed by atoms with Gasteiger partial charge in [-0.05, 0) is 35.9 Å². The molecule has 2 aromatic carbocycles. The zero-order chi connectivity index (χ0) is 19.7. The lowest BCUT2D eigenvalue weighted by Gasteiger charge is -2.23. The Morgan fingerprint density at radius 1 is 1.07 bits per heavy atom. The van der Waals surface area contributed by atoms with Crippen LogP contribution in [0.3, 0.4) is 0 Å².